The maximum Gasteiger partial charge on any atom is 0.278 e. The second-order valence-corrected chi connectivity index (χ2v) is 8.11. The molecule has 3 heterocycles. The van der Waals surface area contributed by atoms with E-state index < -0.39 is 23.1 Å². The summed E-state index contributed by atoms with van der Waals surface area (Å²) in [6.45, 7) is 3.52. The minimum atomic E-state index is -0.897. The van der Waals surface area contributed by atoms with Crippen molar-refractivity contribution in [3.8, 4) is 0 Å². The number of anilines is 1. The van der Waals surface area contributed by atoms with Crippen molar-refractivity contribution in [2.24, 2.45) is 0 Å². The van der Waals surface area contributed by atoms with E-state index in [4.69, 9.17) is 4.52 Å². The summed E-state index contributed by atoms with van der Waals surface area (Å²) >= 11 is 0. The molecule has 0 radical (unpaired) electrons. The van der Waals surface area contributed by atoms with Crippen LogP contribution in [0.5, 0.6) is 0 Å². The summed E-state index contributed by atoms with van der Waals surface area (Å²) in [6.07, 6.45) is 1.99. The van der Waals surface area contributed by atoms with Crippen molar-refractivity contribution in [2.75, 3.05) is 5.32 Å². The van der Waals surface area contributed by atoms with E-state index in [0.717, 1.165) is 17.7 Å². The van der Waals surface area contributed by atoms with Crippen LogP contribution in [0.4, 0.5) is 14.5 Å². The van der Waals surface area contributed by atoms with Crippen molar-refractivity contribution in [2.45, 2.75) is 33.4 Å². The highest BCUT2D eigenvalue weighted by Gasteiger charge is 2.20. The van der Waals surface area contributed by atoms with Gasteiger partial charge in [-0.15, -0.1) is 0 Å². The molecular weight excluding hydrogens is 458 g/mol. The van der Waals surface area contributed by atoms with E-state index in [1.807, 2.05) is 26.0 Å². The highest BCUT2D eigenvalue weighted by atomic mass is 19.1. The topological polar surface area (TPSA) is 108 Å². The number of carbonyl (C=O) groups is 1. The van der Waals surface area contributed by atoms with Gasteiger partial charge in [0.05, 0.1) is 17.5 Å². The molecule has 0 unspecified atom stereocenters. The summed E-state index contributed by atoms with van der Waals surface area (Å²) in [5.41, 5.74) is 1.66. The van der Waals surface area contributed by atoms with E-state index in [-0.39, 0.29) is 30.2 Å². The predicted octanol–water partition coefficient (Wildman–Crippen LogP) is 3.57. The van der Waals surface area contributed by atoms with Crippen LogP contribution in [0.2, 0.25) is 0 Å². The molecule has 5 aromatic rings. The molecule has 0 aliphatic carbocycles. The molecule has 0 aliphatic rings. The first-order valence-corrected chi connectivity index (χ1v) is 10.9. The molecule has 35 heavy (non-hydrogen) atoms. The zero-order valence-corrected chi connectivity index (χ0v) is 18.9. The molecule has 0 bridgehead atoms. The fraction of sp³-hybridized carbons (Fsp3) is 0.208. The Morgan fingerprint density at radius 3 is 2.74 bits per heavy atom. The van der Waals surface area contributed by atoms with Gasteiger partial charge in [0.2, 0.25) is 11.8 Å². The number of hydrogen-bond donors (Lipinski definition) is 1. The number of aryl methyl sites for hydroxylation is 2. The van der Waals surface area contributed by atoms with Crippen LogP contribution < -0.4 is 10.9 Å². The van der Waals surface area contributed by atoms with Gasteiger partial charge in [-0.2, -0.15) is 4.98 Å². The normalized spacial score (nSPS) is 11.4. The van der Waals surface area contributed by atoms with Crippen molar-refractivity contribution in [1.82, 2.24) is 24.3 Å². The number of rotatable bonds is 6. The minimum absolute atomic E-state index is 0.0162. The Kier molecular flexibility index (Phi) is 5.59. The van der Waals surface area contributed by atoms with Crippen molar-refractivity contribution in [3.05, 3.63) is 82.0 Å². The van der Waals surface area contributed by atoms with Crippen molar-refractivity contribution < 1.29 is 18.1 Å². The van der Waals surface area contributed by atoms with Gasteiger partial charge in [0.15, 0.2) is 5.82 Å². The Balaban J connectivity index is 1.58. The number of aromatic nitrogens is 5. The minimum Gasteiger partial charge on any atom is -0.337 e. The average Bonchev–Trinajstić information content (AvgIpc) is 3.40. The number of halogens is 2. The molecule has 1 amide bonds. The monoisotopic (exact) mass is 478 g/mol. The predicted molar refractivity (Wildman–Crippen MR) is 124 cm³/mol. The quantitative estimate of drug-likeness (QED) is 0.400. The summed E-state index contributed by atoms with van der Waals surface area (Å²) < 4.78 is 35.3. The molecule has 5 rings (SSSR count). The summed E-state index contributed by atoms with van der Waals surface area (Å²) in [7, 11) is 0. The van der Waals surface area contributed by atoms with Gasteiger partial charge in [-0.1, -0.05) is 23.7 Å². The first kappa shape index (κ1) is 22.4. The standard InChI is InChI=1S/C24H20F2N6O3/c1-3-19-29-21(35-30-19)11-31-12-27-22-15-8-13(2)4-7-18(15)32(23(22)24(31)34)10-20(33)28-17-6-5-14(25)9-16(17)26/h4-9,12H,3,10-11H2,1-2H3,(H,28,33). The third kappa shape index (κ3) is 4.16. The van der Waals surface area contributed by atoms with Gasteiger partial charge in [0, 0.05) is 17.9 Å². The second-order valence-electron chi connectivity index (χ2n) is 8.11. The van der Waals surface area contributed by atoms with Crippen molar-refractivity contribution >= 4 is 33.5 Å². The lowest BCUT2D eigenvalue weighted by Crippen LogP contribution is -2.25. The number of hydrogen-bond acceptors (Lipinski definition) is 6. The van der Waals surface area contributed by atoms with Crippen LogP contribution in [0.3, 0.4) is 0 Å². The molecule has 2 aromatic carbocycles. The van der Waals surface area contributed by atoms with Gasteiger partial charge >= 0.3 is 0 Å². The van der Waals surface area contributed by atoms with Crippen LogP contribution in [0.15, 0.2) is 52.0 Å². The maximum atomic E-state index is 14.0. The molecule has 1 N–H and O–H groups in total. The van der Waals surface area contributed by atoms with Crippen LogP contribution in [0.1, 0.15) is 24.2 Å². The van der Waals surface area contributed by atoms with Gasteiger partial charge in [0.25, 0.3) is 5.56 Å². The smallest absolute Gasteiger partial charge is 0.278 e. The fourth-order valence-electron chi connectivity index (χ4n) is 3.96. The Bertz CT molecular complexity index is 1650. The average molecular weight is 478 g/mol. The first-order chi connectivity index (χ1) is 16.8. The number of amides is 1. The van der Waals surface area contributed by atoms with E-state index in [2.05, 4.69) is 20.4 Å². The van der Waals surface area contributed by atoms with Gasteiger partial charge in [-0.3, -0.25) is 14.2 Å². The largest absolute Gasteiger partial charge is 0.337 e. The third-order valence-corrected chi connectivity index (χ3v) is 5.62. The lowest BCUT2D eigenvalue weighted by molar-refractivity contribution is -0.116. The van der Waals surface area contributed by atoms with Gasteiger partial charge < -0.3 is 14.4 Å². The summed E-state index contributed by atoms with van der Waals surface area (Å²) in [5, 5.41) is 6.98. The zero-order chi connectivity index (χ0) is 24.7. The Morgan fingerprint density at radius 2 is 2.00 bits per heavy atom. The Hall–Kier alpha value is -4.41. The third-order valence-electron chi connectivity index (χ3n) is 5.62. The molecule has 0 spiro atoms. The van der Waals surface area contributed by atoms with Gasteiger partial charge in [0.1, 0.15) is 35.8 Å². The molecule has 0 saturated carbocycles. The molecule has 0 atom stereocenters. The molecular formula is C24H20F2N6O3. The highest BCUT2D eigenvalue weighted by Crippen LogP contribution is 2.27. The first-order valence-electron chi connectivity index (χ1n) is 10.9. The Morgan fingerprint density at radius 1 is 1.17 bits per heavy atom. The maximum absolute atomic E-state index is 14.0. The van der Waals surface area contributed by atoms with E-state index in [1.54, 1.807) is 6.07 Å². The summed E-state index contributed by atoms with van der Waals surface area (Å²) in [6, 6.07) is 8.41. The molecule has 9 nitrogen and oxygen atoms in total. The SMILES string of the molecule is CCc1noc(Cn2cnc3c4cc(C)ccc4n(CC(=O)Nc4ccc(F)cc4F)c3c2=O)n1. The number of nitrogens with zero attached hydrogens (tertiary/aromatic N) is 5. The lowest BCUT2D eigenvalue weighted by atomic mass is 10.1. The second kappa shape index (κ2) is 8.75. The van der Waals surface area contributed by atoms with E-state index in [1.165, 1.54) is 15.5 Å². The number of carbonyl (C=O) groups excluding carboxylic acids is 1. The highest BCUT2D eigenvalue weighted by molar-refractivity contribution is 6.06. The zero-order valence-electron chi connectivity index (χ0n) is 18.9. The number of fused-ring (bicyclic) bond motifs is 3. The van der Waals surface area contributed by atoms with Crippen LogP contribution in [-0.2, 0) is 24.3 Å². The summed E-state index contributed by atoms with van der Waals surface area (Å²) in [4.78, 5) is 35.1. The van der Waals surface area contributed by atoms with Crippen molar-refractivity contribution in [1.29, 1.82) is 0 Å². The van der Waals surface area contributed by atoms with Crippen LogP contribution >= 0.6 is 0 Å². The fourth-order valence-corrected chi connectivity index (χ4v) is 3.96. The molecule has 178 valence electrons. The number of benzene rings is 2. The molecule has 0 saturated heterocycles. The van der Waals surface area contributed by atoms with E-state index >= 15 is 0 Å². The lowest BCUT2D eigenvalue weighted by Gasteiger charge is -2.10. The van der Waals surface area contributed by atoms with E-state index in [9.17, 15) is 18.4 Å². The van der Waals surface area contributed by atoms with E-state index in [0.29, 0.717) is 34.7 Å². The van der Waals surface area contributed by atoms with Crippen LogP contribution in [0, 0.1) is 18.6 Å². The van der Waals surface area contributed by atoms with Crippen LogP contribution in [-0.4, -0.2) is 30.2 Å². The molecule has 0 fully saturated rings. The van der Waals surface area contributed by atoms with Gasteiger partial charge in [-0.05, 0) is 31.2 Å². The van der Waals surface area contributed by atoms with Crippen molar-refractivity contribution in [3.63, 3.8) is 0 Å². The summed E-state index contributed by atoms with van der Waals surface area (Å²) in [5.74, 6) is -1.46. The molecule has 0 aliphatic heterocycles. The Labute approximate surface area is 197 Å². The van der Waals surface area contributed by atoms with Crippen LogP contribution in [0.25, 0.3) is 21.9 Å². The molecule has 3 aromatic heterocycles. The molecule has 11 heteroatoms. The number of nitrogens with one attached hydrogen (secondary N) is 1. The van der Waals surface area contributed by atoms with Gasteiger partial charge in [-0.25, -0.2) is 13.8 Å².